The third kappa shape index (κ3) is 4.81. The molecule has 3 aliphatic rings. The molecular formula is C27H39N7O. The summed E-state index contributed by atoms with van der Waals surface area (Å²) in [4.78, 5) is 26.5. The van der Waals surface area contributed by atoms with Crippen molar-refractivity contribution in [3.05, 3.63) is 41.6 Å². The van der Waals surface area contributed by atoms with Crippen molar-refractivity contribution in [1.29, 1.82) is 0 Å². The predicted molar refractivity (Wildman–Crippen MR) is 140 cm³/mol. The van der Waals surface area contributed by atoms with E-state index >= 15 is 0 Å². The minimum absolute atomic E-state index is 0.0148. The lowest BCUT2D eigenvalue weighted by Gasteiger charge is -2.35. The van der Waals surface area contributed by atoms with Crippen LogP contribution in [0.5, 0.6) is 0 Å². The van der Waals surface area contributed by atoms with Crippen LogP contribution in [0.15, 0.2) is 35.9 Å². The number of amides is 1. The summed E-state index contributed by atoms with van der Waals surface area (Å²) < 4.78 is 2.17. The Balaban J connectivity index is 1.44. The predicted octanol–water partition coefficient (Wildman–Crippen LogP) is 4.50. The van der Waals surface area contributed by atoms with Gasteiger partial charge in [0.25, 0.3) is 5.91 Å². The number of hydrogen-bond acceptors (Lipinski definition) is 6. The van der Waals surface area contributed by atoms with Gasteiger partial charge in [-0.2, -0.15) is 4.98 Å². The summed E-state index contributed by atoms with van der Waals surface area (Å²) in [6, 6.07) is 2.58. The maximum atomic E-state index is 13.0. The highest BCUT2D eigenvalue weighted by Crippen LogP contribution is 2.35. The van der Waals surface area contributed by atoms with Crippen molar-refractivity contribution >= 4 is 22.9 Å². The molecule has 2 N–H and O–H groups in total. The Hall–Kier alpha value is -2.87. The number of nitrogens with one attached hydrogen (secondary N) is 2. The van der Waals surface area contributed by atoms with Gasteiger partial charge in [0.1, 0.15) is 17.2 Å². The van der Waals surface area contributed by atoms with E-state index in [1.165, 1.54) is 31.3 Å². The Bertz CT molecular complexity index is 1130. The van der Waals surface area contributed by atoms with Gasteiger partial charge in [0.2, 0.25) is 5.95 Å². The van der Waals surface area contributed by atoms with Gasteiger partial charge >= 0.3 is 0 Å². The van der Waals surface area contributed by atoms with Crippen LogP contribution in [0, 0.1) is 5.92 Å². The van der Waals surface area contributed by atoms with Crippen molar-refractivity contribution in [3.8, 4) is 0 Å². The van der Waals surface area contributed by atoms with Crippen LogP contribution in [-0.4, -0.2) is 63.5 Å². The molecule has 0 spiro atoms. The van der Waals surface area contributed by atoms with E-state index in [4.69, 9.17) is 4.98 Å². The number of carbonyl (C=O) groups is 1. The maximum Gasteiger partial charge on any atom is 0.270 e. The van der Waals surface area contributed by atoms with Gasteiger partial charge in [-0.05, 0) is 82.7 Å². The van der Waals surface area contributed by atoms with E-state index in [-0.39, 0.29) is 5.91 Å². The van der Waals surface area contributed by atoms with Gasteiger partial charge in [0, 0.05) is 44.0 Å². The Morgan fingerprint density at radius 3 is 2.60 bits per heavy atom. The van der Waals surface area contributed by atoms with Crippen molar-refractivity contribution in [2.24, 2.45) is 5.92 Å². The second-order valence-corrected chi connectivity index (χ2v) is 10.7. The van der Waals surface area contributed by atoms with Crippen LogP contribution in [-0.2, 0) is 0 Å². The fourth-order valence-electron chi connectivity index (χ4n) is 5.74. The molecule has 1 saturated carbocycles. The number of hydrogen-bond donors (Lipinski definition) is 2. The van der Waals surface area contributed by atoms with Crippen molar-refractivity contribution < 1.29 is 4.79 Å². The van der Waals surface area contributed by atoms with Crippen LogP contribution in [0.2, 0.25) is 0 Å². The fourth-order valence-corrected chi connectivity index (χ4v) is 5.74. The largest absolute Gasteiger partial charge is 0.343 e. The maximum absolute atomic E-state index is 13.0. The highest BCUT2D eigenvalue weighted by molar-refractivity contribution is 5.97. The first-order valence-electron chi connectivity index (χ1n) is 13.2. The topological polar surface area (TPSA) is 78.3 Å². The minimum atomic E-state index is 0.0148. The average Bonchev–Trinajstić information content (AvgIpc) is 3.51. The molecule has 4 heterocycles. The summed E-state index contributed by atoms with van der Waals surface area (Å²) in [6.45, 7) is 6.63. The van der Waals surface area contributed by atoms with Gasteiger partial charge in [-0.25, -0.2) is 4.98 Å². The molecule has 8 heteroatoms. The van der Waals surface area contributed by atoms with Crippen molar-refractivity contribution in [3.63, 3.8) is 0 Å². The van der Waals surface area contributed by atoms with Gasteiger partial charge in [0.15, 0.2) is 0 Å². The molecule has 1 aliphatic carbocycles. The Morgan fingerprint density at radius 1 is 1.17 bits per heavy atom. The van der Waals surface area contributed by atoms with E-state index in [9.17, 15) is 4.79 Å². The third-order valence-electron chi connectivity index (χ3n) is 7.66. The number of aromatic nitrogens is 3. The molecule has 2 fully saturated rings. The lowest BCUT2D eigenvalue weighted by Crippen LogP contribution is -2.34. The van der Waals surface area contributed by atoms with E-state index in [1.54, 1.807) is 19.0 Å². The second-order valence-electron chi connectivity index (χ2n) is 10.7. The summed E-state index contributed by atoms with van der Waals surface area (Å²) in [5.74, 6) is 2.28. The molecule has 1 amide bonds. The number of allylic oxidation sites excluding steroid dienone is 2. The SMILES string of the molecule is CC(C)N1C=C(C2CCNCC2)CC=C1Nc1ncc2cc(C(=O)N(C)C)n(C3CCCC3)c2n1. The standard InChI is InChI=1S/C27H39N7O/c1-18(2)33-17-20(19-11-13-28-14-12-19)9-10-24(33)30-27-29-16-21-15-23(26(35)32(3)4)34(25(21)31-27)22-7-5-6-8-22/h10,15-19,22,28H,5-9,11-14H2,1-4H3,(H,29,30,31). The van der Waals surface area contributed by atoms with Crippen molar-refractivity contribution in [2.45, 2.75) is 70.9 Å². The number of piperidine rings is 1. The van der Waals surface area contributed by atoms with Crippen LogP contribution in [0.25, 0.3) is 11.0 Å². The van der Waals surface area contributed by atoms with Crippen LogP contribution in [0.3, 0.4) is 0 Å². The van der Waals surface area contributed by atoms with Gasteiger partial charge in [0.05, 0.1) is 0 Å². The highest BCUT2D eigenvalue weighted by atomic mass is 16.2. The van der Waals surface area contributed by atoms with Crippen molar-refractivity contribution in [2.75, 3.05) is 32.5 Å². The number of nitrogens with zero attached hydrogens (tertiary/aromatic N) is 5. The average molecular weight is 478 g/mol. The molecule has 0 bridgehead atoms. The zero-order valence-corrected chi connectivity index (χ0v) is 21.5. The number of fused-ring (bicyclic) bond motifs is 1. The van der Waals surface area contributed by atoms with E-state index in [2.05, 4.69) is 51.2 Å². The lowest BCUT2D eigenvalue weighted by atomic mass is 9.87. The molecule has 0 atom stereocenters. The van der Waals surface area contributed by atoms with Crippen LogP contribution in [0.4, 0.5) is 5.95 Å². The summed E-state index contributed by atoms with van der Waals surface area (Å²) >= 11 is 0. The Morgan fingerprint density at radius 2 is 1.91 bits per heavy atom. The minimum Gasteiger partial charge on any atom is -0.343 e. The molecule has 0 unspecified atom stereocenters. The molecule has 35 heavy (non-hydrogen) atoms. The molecule has 8 nitrogen and oxygen atoms in total. The van der Waals surface area contributed by atoms with E-state index < -0.39 is 0 Å². The van der Waals surface area contributed by atoms with Gasteiger partial charge < -0.3 is 25.0 Å². The molecule has 2 aromatic heterocycles. The van der Waals surface area contributed by atoms with Crippen LogP contribution >= 0.6 is 0 Å². The summed E-state index contributed by atoms with van der Waals surface area (Å²) in [6.07, 6.45) is 14.4. The number of anilines is 1. The highest BCUT2D eigenvalue weighted by Gasteiger charge is 2.27. The monoisotopic (exact) mass is 477 g/mol. The van der Waals surface area contributed by atoms with Crippen molar-refractivity contribution in [1.82, 2.24) is 29.7 Å². The van der Waals surface area contributed by atoms with E-state index in [0.717, 1.165) is 49.2 Å². The zero-order chi connectivity index (χ0) is 24.5. The summed E-state index contributed by atoms with van der Waals surface area (Å²) in [5.41, 5.74) is 3.07. The molecule has 2 aliphatic heterocycles. The molecular weight excluding hydrogens is 438 g/mol. The first-order valence-corrected chi connectivity index (χ1v) is 13.2. The second kappa shape index (κ2) is 10.0. The smallest absolute Gasteiger partial charge is 0.270 e. The molecule has 5 rings (SSSR count). The quantitative estimate of drug-likeness (QED) is 0.638. The Kier molecular flexibility index (Phi) is 6.82. The van der Waals surface area contributed by atoms with Gasteiger partial charge in [-0.15, -0.1) is 0 Å². The summed E-state index contributed by atoms with van der Waals surface area (Å²) in [5, 5.41) is 7.89. The molecule has 0 aromatic carbocycles. The lowest BCUT2D eigenvalue weighted by molar-refractivity contribution is 0.0815. The van der Waals surface area contributed by atoms with Gasteiger partial charge in [-0.1, -0.05) is 12.8 Å². The first-order chi connectivity index (χ1) is 16.9. The third-order valence-corrected chi connectivity index (χ3v) is 7.66. The molecule has 1 saturated heterocycles. The Labute approximate surface area is 208 Å². The molecule has 188 valence electrons. The van der Waals surface area contributed by atoms with E-state index in [0.29, 0.717) is 29.6 Å². The molecule has 0 radical (unpaired) electrons. The fraction of sp³-hybridized carbons (Fsp3) is 0.593. The van der Waals surface area contributed by atoms with Crippen LogP contribution in [0.1, 0.15) is 75.3 Å². The number of carbonyl (C=O) groups excluding carboxylic acids is 1. The first kappa shape index (κ1) is 23.9. The zero-order valence-electron chi connectivity index (χ0n) is 21.5. The molecule has 2 aromatic rings. The van der Waals surface area contributed by atoms with Gasteiger partial charge in [-0.3, -0.25) is 4.79 Å². The van der Waals surface area contributed by atoms with Crippen LogP contribution < -0.4 is 10.6 Å². The normalized spacial score (nSPS) is 19.9. The summed E-state index contributed by atoms with van der Waals surface area (Å²) in [7, 11) is 3.61. The van der Waals surface area contributed by atoms with E-state index in [1.807, 2.05) is 12.3 Å². The number of rotatable bonds is 6.